The molecule has 4 rings (SSSR count). The van der Waals surface area contributed by atoms with Crippen molar-refractivity contribution in [3.8, 4) is 0 Å². The van der Waals surface area contributed by atoms with Gasteiger partial charge in [0.1, 0.15) is 0 Å². The van der Waals surface area contributed by atoms with Gasteiger partial charge in [-0.3, -0.25) is 4.79 Å². The van der Waals surface area contributed by atoms with E-state index in [1.54, 1.807) is 0 Å². The fraction of sp³-hybridized carbons (Fsp3) is 0.476. The Morgan fingerprint density at radius 1 is 1.30 bits per heavy atom. The number of carbonyl (C=O) groups excluding carboxylic acids is 1. The number of nitrogens with one attached hydrogen (secondary N) is 2. The summed E-state index contributed by atoms with van der Waals surface area (Å²) in [4.78, 5) is 20.6. The minimum atomic E-state index is -0.259. The van der Waals surface area contributed by atoms with Gasteiger partial charge in [-0.05, 0) is 55.3 Å². The van der Waals surface area contributed by atoms with Crippen LogP contribution in [0.2, 0.25) is 0 Å². The van der Waals surface area contributed by atoms with E-state index in [4.69, 9.17) is 5.73 Å². The molecule has 1 aliphatic heterocycles. The lowest BCUT2D eigenvalue weighted by Gasteiger charge is -2.38. The Bertz CT molecular complexity index is 831. The topological polar surface area (TPSA) is 92.9 Å². The van der Waals surface area contributed by atoms with Crippen LogP contribution in [0.5, 0.6) is 0 Å². The summed E-state index contributed by atoms with van der Waals surface area (Å²) >= 11 is 0. The molecule has 1 aromatic heterocycles. The molecule has 2 aromatic rings. The third-order valence-corrected chi connectivity index (χ3v) is 6.13. The van der Waals surface area contributed by atoms with Crippen molar-refractivity contribution < 1.29 is 4.79 Å². The van der Waals surface area contributed by atoms with Gasteiger partial charge in [-0.2, -0.15) is 0 Å². The average Bonchev–Trinajstić information content (AvgIpc) is 3.44. The van der Waals surface area contributed by atoms with E-state index in [1.165, 1.54) is 29.9 Å². The lowest BCUT2D eigenvalue weighted by atomic mass is 9.72. The molecule has 1 aliphatic carbocycles. The lowest BCUT2D eigenvalue weighted by molar-refractivity contribution is 0.0933. The third kappa shape index (κ3) is 3.67. The highest BCUT2D eigenvalue weighted by Gasteiger charge is 2.37. The van der Waals surface area contributed by atoms with Gasteiger partial charge < -0.3 is 16.4 Å². The van der Waals surface area contributed by atoms with Crippen LogP contribution in [0.3, 0.4) is 0 Å². The summed E-state index contributed by atoms with van der Waals surface area (Å²) in [5.74, 6) is 1.38. The average molecular weight is 365 g/mol. The van der Waals surface area contributed by atoms with Crippen LogP contribution >= 0.6 is 0 Å². The van der Waals surface area contributed by atoms with Crippen LogP contribution in [0.15, 0.2) is 36.7 Å². The molecule has 2 fully saturated rings. The van der Waals surface area contributed by atoms with Gasteiger partial charge in [0.15, 0.2) is 11.5 Å². The van der Waals surface area contributed by atoms with E-state index in [-0.39, 0.29) is 22.8 Å². The van der Waals surface area contributed by atoms with Gasteiger partial charge in [0, 0.05) is 24.4 Å². The van der Waals surface area contributed by atoms with Crippen molar-refractivity contribution in [1.29, 1.82) is 0 Å². The fourth-order valence-corrected chi connectivity index (χ4v) is 4.22. The number of hydrogen-bond donors (Lipinski definition) is 3. The summed E-state index contributed by atoms with van der Waals surface area (Å²) in [5.41, 5.74) is 8.70. The predicted molar refractivity (Wildman–Crippen MR) is 106 cm³/mol. The second-order valence-electron chi connectivity index (χ2n) is 7.95. The number of nitrogens with zero attached hydrogens (tertiary/aromatic N) is 2. The number of carbonyl (C=O) groups is 1. The Hall–Kier alpha value is -2.47. The first-order valence-electron chi connectivity index (χ1n) is 9.75. The Morgan fingerprint density at radius 2 is 2.04 bits per heavy atom. The largest absolute Gasteiger partial charge is 0.382 e. The van der Waals surface area contributed by atoms with Crippen molar-refractivity contribution in [2.75, 3.05) is 25.4 Å². The van der Waals surface area contributed by atoms with E-state index >= 15 is 0 Å². The first kappa shape index (κ1) is 17.9. The highest BCUT2D eigenvalue weighted by molar-refractivity contribution is 5.96. The molecule has 0 spiro atoms. The number of nitrogen functional groups attached to an aromatic ring is 1. The quantitative estimate of drug-likeness (QED) is 0.756. The van der Waals surface area contributed by atoms with Crippen LogP contribution < -0.4 is 16.4 Å². The zero-order chi connectivity index (χ0) is 18.9. The summed E-state index contributed by atoms with van der Waals surface area (Å²) < 4.78 is 0. The Kier molecular flexibility index (Phi) is 4.83. The Labute approximate surface area is 160 Å². The maximum Gasteiger partial charge on any atom is 0.273 e. The second-order valence-corrected chi connectivity index (χ2v) is 7.95. The van der Waals surface area contributed by atoms with Crippen LogP contribution in [0.4, 0.5) is 5.82 Å². The fourth-order valence-electron chi connectivity index (χ4n) is 4.22. The minimum Gasteiger partial charge on any atom is -0.382 e. The smallest absolute Gasteiger partial charge is 0.273 e. The number of rotatable bonds is 5. The number of anilines is 1. The van der Waals surface area contributed by atoms with Crippen LogP contribution in [0.25, 0.3) is 0 Å². The van der Waals surface area contributed by atoms with Gasteiger partial charge in [-0.1, -0.05) is 31.2 Å². The zero-order valence-corrected chi connectivity index (χ0v) is 15.7. The maximum absolute atomic E-state index is 12.6. The van der Waals surface area contributed by atoms with Gasteiger partial charge in [0.2, 0.25) is 0 Å². The Balaban J connectivity index is 1.56. The van der Waals surface area contributed by atoms with Gasteiger partial charge in [-0.15, -0.1) is 0 Å². The van der Waals surface area contributed by atoms with Crippen LogP contribution in [-0.2, 0) is 5.41 Å². The first-order valence-corrected chi connectivity index (χ1v) is 9.75. The number of aromatic nitrogens is 2. The number of nitrogens with two attached hydrogens (primary N) is 1. The normalized spacial score (nSPS) is 23.6. The van der Waals surface area contributed by atoms with Gasteiger partial charge in [-0.25, -0.2) is 9.97 Å². The molecule has 2 heterocycles. The minimum absolute atomic E-state index is 0.0635. The number of amides is 1. The molecule has 6 nitrogen and oxygen atoms in total. The van der Waals surface area contributed by atoms with E-state index in [9.17, 15) is 4.79 Å². The number of hydrogen-bond acceptors (Lipinski definition) is 5. The number of benzene rings is 1. The molecule has 2 atom stereocenters. The van der Waals surface area contributed by atoms with Crippen LogP contribution in [0, 0.1) is 5.92 Å². The van der Waals surface area contributed by atoms with Crippen molar-refractivity contribution in [2.24, 2.45) is 5.92 Å². The molecule has 1 aromatic carbocycles. The van der Waals surface area contributed by atoms with Crippen molar-refractivity contribution in [2.45, 2.75) is 37.5 Å². The maximum atomic E-state index is 12.6. The first-order chi connectivity index (χ1) is 13.1. The molecule has 1 saturated heterocycles. The zero-order valence-electron chi connectivity index (χ0n) is 15.7. The van der Waals surface area contributed by atoms with Crippen molar-refractivity contribution in [1.82, 2.24) is 20.6 Å². The highest BCUT2D eigenvalue weighted by Crippen LogP contribution is 2.47. The van der Waals surface area contributed by atoms with Crippen LogP contribution in [0.1, 0.15) is 53.7 Å². The molecule has 142 valence electrons. The molecule has 0 bridgehead atoms. The molecule has 6 heteroatoms. The standard InChI is InChI=1S/C21H27N5O/c1-14-11-17(14)15-3-2-4-16(12-15)21(5-7-23-8-6-21)13-26-20(27)18-19(22)25-10-9-24-18/h2-4,9-10,12,14,17,23H,5-8,11,13H2,1H3,(H2,22,25)(H,26,27)/t14?,17-/m1/s1. The number of piperidine rings is 1. The van der Waals surface area contributed by atoms with E-state index < -0.39 is 0 Å². The van der Waals surface area contributed by atoms with Gasteiger partial charge in [0.05, 0.1) is 0 Å². The molecular weight excluding hydrogens is 338 g/mol. The van der Waals surface area contributed by atoms with Crippen molar-refractivity contribution in [3.05, 3.63) is 53.5 Å². The lowest BCUT2D eigenvalue weighted by Crippen LogP contribution is -2.47. The van der Waals surface area contributed by atoms with Crippen molar-refractivity contribution >= 4 is 11.7 Å². The summed E-state index contributed by atoms with van der Waals surface area (Å²) in [6.07, 6.45) is 6.25. The summed E-state index contributed by atoms with van der Waals surface area (Å²) in [6.45, 7) is 4.79. The van der Waals surface area contributed by atoms with E-state index in [0.29, 0.717) is 12.5 Å². The molecule has 27 heavy (non-hydrogen) atoms. The SMILES string of the molecule is CC1C[C@H]1c1cccc(C2(CNC(=O)c3nccnc3N)CCNCC2)c1. The highest BCUT2D eigenvalue weighted by atomic mass is 16.1. The molecule has 1 amide bonds. The summed E-state index contributed by atoms with van der Waals surface area (Å²) in [5, 5.41) is 6.51. The molecule has 1 saturated carbocycles. The van der Waals surface area contributed by atoms with E-state index in [0.717, 1.165) is 31.8 Å². The van der Waals surface area contributed by atoms with E-state index in [1.807, 2.05) is 0 Å². The van der Waals surface area contributed by atoms with Gasteiger partial charge >= 0.3 is 0 Å². The molecule has 0 radical (unpaired) electrons. The van der Waals surface area contributed by atoms with Gasteiger partial charge in [0.25, 0.3) is 5.91 Å². The molecular formula is C21H27N5O. The molecule has 4 N–H and O–H groups in total. The predicted octanol–water partition coefficient (Wildman–Crippen LogP) is 2.23. The summed E-state index contributed by atoms with van der Waals surface area (Å²) in [6, 6.07) is 8.99. The van der Waals surface area contributed by atoms with Crippen LogP contribution in [-0.4, -0.2) is 35.5 Å². The third-order valence-electron chi connectivity index (χ3n) is 6.13. The second kappa shape index (κ2) is 7.27. The molecule has 1 unspecified atom stereocenters. The van der Waals surface area contributed by atoms with Crippen molar-refractivity contribution in [3.63, 3.8) is 0 Å². The monoisotopic (exact) mass is 365 g/mol. The Morgan fingerprint density at radius 3 is 2.74 bits per heavy atom. The molecule has 2 aliphatic rings. The van der Waals surface area contributed by atoms with E-state index in [2.05, 4.69) is 51.8 Å². The summed E-state index contributed by atoms with van der Waals surface area (Å²) in [7, 11) is 0.